The molecule has 112 valence electrons. The molecule has 0 saturated heterocycles. The molecule has 0 aliphatic heterocycles. The lowest BCUT2D eigenvalue weighted by Crippen LogP contribution is -2.33. The van der Waals surface area contributed by atoms with E-state index < -0.39 is 0 Å². The van der Waals surface area contributed by atoms with E-state index in [4.69, 9.17) is 9.47 Å². The van der Waals surface area contributed by atoms with Gasteiger partial charge in [-0.15, -0.1) is 0 Å². The summed E-state index contributed by atoms with van der Waals surface area (Å²) >= 11 is 11.6. The van der Waals surface area contributed by atoms with E-state index in [1.54, 1.807) is 7.11 Å². The highest BCUT2D eigenvalue weighted by molar-refractivity contribution is 9.11. The van der Waals surface area contributed by atoms with Gasteiger partial charge in [0.15, 0.2) is 0 Å². The number of hydrogen-bond acceptors (Lipinski definition) is 3. The predicted molar refractivity (Wildman–Crippen MR) is 93.3 cm³/mol. The Morgan fingerprint density at radius 2 is 1.70 bits per heavy atom. The normalized spacial score (nSPS) is 17.8. The van der Waals surface area contributed by atoms with Crippen molar-refractivity contribution < 1.29 is 9.47 Å². The molecule has 1 aromatic rings. The van der Waals surface area contributed by atoms with Crippen LogP contribution < -0.4 is 9.47 Å². The van der Waals surface area contributed by atoms with Crippen LogP contribution in [-0.4, -0.2) is 19.5 Å². The van der Waals surface area contributed by atoms with E-state index in [0.717, 1.165) is 32.8 Å². The van der Waals surface area contributed by atoms with Crippen LogP contribution in [-0.2, 0) is 0 Å². The maximum atomic E-state index is 6.07. The third kappa shape index (κ3) is 3.86. The second kappa shape index (κ2) is 7.41. The van der Waals surface area contributed by atoms with Gasteiger partial charge in [-0.2, -0.15) is 12.6 Å². The second-order valence-electron chi connectivity index (χ2n) is 5.42. The summed E-state index contributed by atoms with van der Waals surface area (Å²) in [5, 5.41) is 0. The lowest BCUT2D eigenvalue weighted by molar-refractivity contribution is 0.120. The van der Waals surface area contributed by atoms with Gasteiger partial charge in [0.05, 0.1) is 22.7 Å². The van der Waals surface area contributed by atoms with E-state index in [1.165, 1.54) is 32.1 Å². The van der Waals surface area contributed by atoms with E-state index in [1.807, 2.05) is 12.1 Å². The molecule has 1 saturated carbocycles. The zero-order valence-corrected chi connectivity index (χ0v) is 15.7. The van der Waals surface area contributed by atoms with Crippen molar-refractivity contribution in [3.05, 3.63) is 21.1 Å². The van der Waals surface area contributed by atoms with Gasteiger partial charge in [-0.05, 0) is 62.6 Å². The van der Waals surface area contributed by atoms with Crippen LogP contribution in [0.5, 0.6) is 11.5 Å². The number of ether oxygens (including phenoxy) is 2. The Morgan fingerprint density at radius 1 is 1.10 bits per heavy atom. The van der Waals surface area contributed by atoms with Crippen LogP contribution in [0.3, 0.4) is 0 Å². The summed E-state index contributed by atoms with van der Waals surface area (Å²) in [5.41, 5.74) is 0.229. The Bertz CT molecular complexity index is 459. The Balaban J connectivity index is 2.08. The Hall–Kier alpha value is 0.130. The molecule has 0 bridgehead atoms. The molecule has 1 aromatic carbocycles. The maximum absolute atomic E-state index is 6.07. The largest absolute Gasteiger partial charge is 0.496 e. The first kappa shape index (κ1) is 16.5. The standard InChI is InChI=1S/C15H20Br2O2S/c1-18-13-7-12(17)14(8-11(13)16)19-9-15(10-20)5-3-2-4-6-15/h7-8,20H,2-6,9-10H2,1H3. The summed E-state index contributed by atoms with van der Waals surface area (Å²) in [5.74, 6) is 2.54. The highest BCUT2D eigenvalue weighted by Gasteiger charge is 2.31. The summed E-state index contributed by atoms with van der Waals surface area (Å²) in [7, 11) is 1.66. The maximum Gasteiger partial charge on any atom is 0.134 e. The van der Waals surface area contributed by atoms with Crippen LogP contribution in [0.2, 0.25) is 0 Å². The minimum Gasteiger partial charge on any atom is -0.496 e. The van der Waals surface area contributed by atoms with Crippen LogP contribution in [0, 0.1) is 5.41 Å². The average molecular weight is 424 g/mol. The number of rotatable bonds is 5. The molecule has 5 heteroatoms. The van der Waals surface area contributed by atoms with Crippen molar-refractivity contribution in [1.29, 1.82) is 0 Å². The molecule has 1 aliphatic rings. The minimum atomic E-state index is 0.229. The molecule has 0 atom stereocenters. The van der Waals surface area contributed by atoms with E-state index in [9.17, 15) is 0 Å². The first-order valence-electron chi connectivity index (χ1n) is 6.87. The van der Waals surface area contributed by atoms with Gasteiger partial charge in [0.2, 0.25) is 0 Å². The van der Waals surface area contributed by atoms with Gasteiger partial charge in [0, 0.05) is 5.41 Å². The predicted octanol–water partition coefficient (Wildman–Crippen LogP) is 5.48. The molecule has 0 amide bonds. The molecule has 1 fully saturated rings. The van der Waals surface area contributed by atoms with E-state index in [2.05, 4.69) is 44.5 Å². The third-order valence-electron chi connectivity index (χ3n) is 3.99. The number of hydrogen-bond donors (Lipinski definition) is 1. The fourth-order valence-corrected chi connectivity index (χ4v) is 3.99. The van der Waals surface area contributed by atoms with Crippen LogP contribution in [0.4, 0.5) is 0 Å². The van der Waals surface area contributed by atoms with Crippen molar-refractivity contribution in [3.63, 3.8) is 0 Å². The van der Waals surface area contributed by atoms with Crippen molar-refractivity contribution in [2.24, 2.45) is 5.41 Å². The van der Waals surface area contributed by atoms with Gasteiger partial charge in [0.1, 0.15) is 11.5 Å². The van der Waals surface area contributed by atoms with Crippen LogP contribution in [0.1, 0.15) is 32.1 Å². The van der Waals surface area contributed by atoms with Crippen molar-refractivity contribution in [2.45, 2.75) is 32.1 Å². The first-order chi connectivity index (χ1) is 9.60. The highest BCUT2D eigenvalue weighted by atomic mass is 79.9. The number of methoxy groups -OCH3 is 1. The summed E-state index contributed by atoms with van der Waals surface area (Å²) in [4.78, 5) is 0. The lowest BCUT2D eigenvalue weighted by Gasteiger charge is -2.35. The van der Waals surface area contributed by atoms with Gasteiger partial charge < -0.3 is 9.47 Å². The summed E-state index contributed by atoms with van der Waals surface area (Å²) in [6, 6.07) is 3.88. The van der Waals surface area contributed by atoms with Gasteiger partial charge in [-0.25, -0.2) is 0 Å². The number of halogens is 2. The topological polar surface area (TPSA) is 18.5 Å². The molecule has 0 unspecified atom stereocenters. The molecule has 0 aromatic heterocycles. The van der Waals surface area contributed by atoms with E-state index in [-0.39, 0.29) is 5.41 Å². The molecule has 0 spiro atoms. The van der Waals surface area contributed by atoms with E-state index in [0.29, 0.717) is 0 Å². The summed E-state index contributed by atoms with van der Waals surface area (Å²) in [6.45, 7) is 0.730. The van der Waals surface area contributed by atoms with Crippen molar-refractivity contribution >= 4 is 44.5 Å². The van der Waals surface area contributed by atoms with Crippen LogP contribution in [0.15, 0.2) is 21.1 Å². The summed E-state index contributed by atoms with van der Waals surface area (Å²) < 4.78 is 13.2. The monoisotopic (exact) mass is 422 g/mol. The molecule has 0 radical (unpaired) electrons. The lowest BCUT2D eigenvalue weighted by atomic mass is 9.76. The molecule has 20 heavy (non-hydrogen) atoms. The SMILES string of the molecule is COc1cc(Br)c(OCC2(CS)CCCCC2)cc1Br. The molecule has 2 nitrogen and oxygen atoms in total. The quantitative estimate of drug-likeness (QED) is 0.632. The van der Waals surface area contributed by atoms with Gasteiger partial charge in [-0.1, -0.05) is 19.3 Å². The molecule has 0 N–H and O–H groups in total. The second-order valence-corrected chi connectivity index (χ2v) is 7.45. The summed E-state index contributed by atoms with van der Waals surface area (Å²) in [6.07, 6.45) is 6.35. The Kier molecular flexibility index (Phi) is 6.11. The van der Waals surface area contributed by atoms with Gasteiger partial charge in [0.25, 0.3) is 0 Å². The Morgan fingerprint density at radius 3 is 2.30 bits per heavy atom. The smallest absolute Gasteiger partial charge is 0.134 e. The average Bonchev–Trinajstić information content (AvgIpc) is 2.48. The molecule has 2 rings (SSSR count). The van der Waals surface area contributed by atoms with Gasteiger partial charge >= 0.3 is 0 Å². The zero-order chi connectivity index (χ0) is 14.6. The first-order valence-corrected chi connectivity index (χ1v) is 9.09. The number of thiol groups is 1. The number of benzene rings is 1. The van der Waals surface area contributed by atoms with E-state index >= 15 is 0 Å². The fraction of sp³-hybridized carbons (Fsp3) is 0.600. The Labute approximate surface area is 143 Å². The minimum absolute atomic E-state index is 0.229. The third-order valence-corrected chi connectivity index (χ3v) is 5.90. The van der Waals surface area contributed by atoms with Crippen LogP contribution >= 0.6 is 44.5 Å². The zero-order valence-electron chi connectivity index (χ0n) is 11.6. The fourth-order valence-electron chi connectivity index (χ4n) is 2.66. The van der Waals surface area contributed by atoms with Crippen molar-refractivity contribution in [1.82, 2.24) is 0 Å². The highest BCUT2D eigenvalue weighted by Crippen LogP contribution is 2.40. The molecule has 0 heterocycles. The van der Waals surface area contributed by atoms with Crippen LogP contribution in [0.25, 0.3) is 0 Å². The molecular formula is C15H20Br2O2S. The van der Waals surface area contributed by atoms with Crippen molar-refractivity contribution in [2.75, 3.05) is 19.5 Å². The molecular weight excluding hydrogens is 404 g/mol. The van der Waals surface area contributed by atoms with Gasteiger partial charge in [-0.3, -0.25) is 0 Å². The molecule has 1 aliphatic carbocycles. The van der Waals surface area contributed by atoms with Crippen molar-refractivity contribution in [3.8, 4) is 11.5 Å².